The van der Waals surface area contributed by atoms with Gasteiger partial charge in [0.1, 0.15) is 0 Å². The molecule has 3 rings (SSSR count). The fourth-order valence-electron chi connectivity index (χ4n) is 4.20. The quantitative estimate of drug-likeness (QED) is 0.835. The van der Waals surface area contributed by atoms with Gasteiger partial charge in [0.2, 0.25) is 0 Å². The summed E-state index contributed by atoms with van der Waals surface area (Å²) in [4.78, 5) is 29.1. The molecule has 0 saturated carbocycles. The standard InChI is InChI=1S/C21H31N3O2.ClH/c1-3-13-23(4-2)19(25)17-5-7-18(8-6-17)20(26)24-14-10-21(11-15-24)9-12-22-16-21;/h5-8,22H,3-4,9-16H2,1-2H3;1H. The highest BCUT2D eigenvalue weighted by molar-refractivity contribution is 5.97. The zero-order valence-corrected chi connectivity index (χ0v) is 17.3. The number of carbonyl (C=O) groups is 2. The molecule has 2 heterocycles. The van der Waals surface area contributed by atoms with E-state index in [9.17, 15) is 9.59 Å². The SMILES string of the molecule is CCCN(CC)C(=O)c1ccc(C(=O)N2CCC3(CCNC3)CC2)cc1.Cl. The van der Waals surface area contributed by atoms with Gasteiger partial charge in [-0.3, -0.25) is 9.59 Å². The molecule has 1 N–H and O–H groups in total. The maximum absolute atomic E-state index is 12.8. The number of rotatable bonds is 5. The molecular formula is C21H32ClN3O2. The number of halogens is 1. The monoisotopic (exact) mass is 393 g/mol. The predicted octanol–water partition coefficient (Wildman–Crippen LogP) is 3.20. The molecule has 1 aromatic rings. The first kappa shape index (κ1) is 21.7. The third-order valence-electron chi connectivity index (χ3n) is 5.98. The minimum Gasteiger partial charge on any atom is -0.339 e. The Kier molecular flexibility index (Phi) is 7.68. The van der Waals surface area contributed by atoms with E-state index in [-0.39, 0.29) is 24.2 Å². The lowest BCUT2D eigenvalue weighted by atomic mass is 9.78. The first-order chi connectivity index (χ1) is 12.6. The van der Waals surface area contributed by atoms with Crippen LogP contribution in [0.15, 0.2) is 24.3 Å². The van der Waals surface area contributed by atoms with E-state index in [2.05, 4.69) is 12.2 Å². The van der Waals surface area contributed by atoms with E-state index in [1.165, 1.54) is 6.42 Å². The predicted molar refractivity (Wildman–Crippen MR) is 111 cm³/mol. The number of nitrogens with one attached hydrogen (secondary N) is 1. The highest BCUT2D eigenvalue weighted by Crippen LogP contribution is 2.37. The lowest BCUT2D eigenvalue weighted by Gasteiger charge is -2.38. The van der Waals surface area contributed by atoms with E-state index in [4.69, 9.17) is 0 Å². The second-order valence-corrected chi connectivity index (χ2v) is 7.68. The van der Waals surface area contributed by atoms with Gasteiger partial charge in [0.15, 0.2) is 0 Å². The molecule has 2 aliphatic heterocycles. The molecule has 2 aliphatic rings. The summed E-state index contributed by atoms with van der Waals surface area (Å²) in [6.45, 7) is 9.41. The van der Waals surface area contributed by atoms with Crippen LogP contribution >= 0.6 is 12.4 Å². The zero-order chi connectivity index (χ0) is 18.6. The van der Waals surface area contributed by atoms with Crippen LogP contribution in [0, 0.1) is 5.41 Å². The van der Waals surface area contributed by atoms with E-state index in [0.29, 0.717) is 23.1 Å². The van der Waals surface area contributed by atoms with Crippen LogP contribution in [0.3, 0.4) is 0 Å². The molecule has 0 atom stereocenters. The van der Waals surface area contributed by atoms with Crippen molar-refractivity contribution in [1.82, 2.24) is 15.1 Å². The van der Waals surface area contributed by atoms with Crippen molar-refractivity contribution in [3.63, 3.8) is 0 Å². The Morgan fingerprint density at radius 1 is 1.07 bits per heavy atom. The van der Waals surface area contributed by atoms with Crippen LogP contribution < -0.4 is 5.32 Å². The van der Waals surface area contributed by atoms with Crippen LogP contribution in [0.4, 0.5) is 0 Å². The summed E-state index contributed by atoms with van der Waals surface area (Å²) >= 11 is 0. The minimum atomic E-state index is 0. The number of likely N-dealkylation sites (tertiary alicyclic amines) is 1. The average molecular weight is 394 g/mol. The summed E-state index contributed by atoms with van der Waals surface area (Å²) in [5.41, 5.74) is 1.75. The molecular weight excluding hydrogens is 362 g/mol. The number of benzene rings is 1. The zero-order valence-electron chi connectivity index (χ0n) is 16.5. The molecule has 1 spiro atoms. The Morgan fingerprint density at radius 3 is 2.22 bits per heavy atom. The number of hydrogen-bond donors (Lipinski definition) is 1. The molecule has 2 saturated heterocycles. The maximum Gasteiger partial charge on any atom is 0.253 e. The fraction of sp³-hybridized carbons (Fsp3) is 0.619. The molecule has 1 aromatic carbocycles. The smallest absolute Gasteiger partial charge is 0.253 e. The van der Waals surface area contributed by atoms with Crippen molar-refractivity contribution in [1.29, 1.82) is 0 Å². The van der Waals surface area contributed by atoms with Gasteiger partial charge in [0.25, 0.3) is 11.8 Å². The van der Waals surface area contributed by atoms with Gasteiger partial charge in [0.05, 0.1) is 0 Å². The summed E-state index contributed by atoms with van der Waals surface area (Å²) in [6.07, 6.45) is 4.36. The Balaban J connectivity index is 0.00000261. The molecule has 0 aromatic heterocycles. The Morgan fingerprint density at radius 2 is 1.70 bits per heavy atom. The van der Waals surface area contributed by atoms with E-state index in [1.54, 1.807) is 24.3 Å². The van der Waals surface area contributed by atoms with Gasteiger partial charge < -0.3 is 15.1 Å². The third-order valence-corrected chi connectivity index (χ3v) is 5.98. The van der Waals surface area contributed by atoms with Gasteiger partial charge in [-0.15, -0.1) is 12.4 Å². The van der Waals surface area contributed by atoms with Crippen LogP contribution in [-0.4, -0.2) is 60.9 Å². The van der Waals surface area contributed by atoms with Gasteiger partial charge >= 0.3 is 0 Å². The molecule has 27 heavy (non-hydrogen) atoms. The van der Waals surface area contributed by atoms with Gasteiger partial charge in [-0.25, -0.2) is 0 Å². The summed E-state index contributed by atoms with van der Waals surface area (Å²) in [7, 11) is 0. The van der Waals surface area contributed by atoms with Crippen LogP contribution in [0.2, 0.25) is 0 Å². The molecule has 0 unspecified atom stereocenters. The van der Waals surface area contributed by atoms with Crippen molar-refractivity contribution < 1.29 is 9.59 Å². The van der Waals surface area contributed by atoms with E-state index in [1.807, 2.05) is 16.7 Å². The largest absolute Gasteiger partial charge is 0.339 e. The minimum absolute atomic E-state index is 0. The van der Waals surface area contributed by atoms with Crippen molar-refractivity contribution in [2.75, 3.05) is 39.3 Å². The van der Waals surface area contributed by atoms with Crippen LogP contribution in [0.5, 0.6) is 0 Å². The lowest BCUT2D eigenvalue weighted by Crippen LogP contribution is -2.44. The van der Waals surface area contributed by atoms with Crippen LogP contribution in [0.1, 0.15) is 60.2 Å². The number of piperidine rings is 1. The number of amides is 2. The molecule has 5 nitrogen and oxygen atoms in total. The Bertz CT molecular complexity index is 631. The number of hydrogen-bond acceptors (Lipinski definition) is 3. The molecule has 150 valence electrons. The number of carbonyl (C=O) groups excluding carboxylic acids is 2. The van der Waals surface area contributed by atoms with Crippen molar-refractivity contribution >= 4 is 24.2 Å². The van der Waals surface area contributed by atoms with E-state index < -0.39 is 0 Å². The molecule has 0 bridgehead atoms. The molecule has 2 amide bonds. The lowest BCUT2D eigenvalue weighted by molar-refractivity contribution is 0.0607. The summed E-state index contributed by atoms with van der Waals surface area (Å²) in [6, 6.07) is 7.19. The molecule has 0 radical (unpaired) electrons. The highest BCUT2D eigenvalue weighted by atomic mass is 35.5. The first-order valence-corrected chi connectivity index (χ1v) is 9.98. The van der Waals surface area contributed by atoms with E-state index >= 15 is 0 Å². The number of nitrogens with zero attached hydrogens (tertiary/aromatic N) is 2. The van der Waals surface area contributed by atoms with Crippen molar-refractivity contribution in [2.24, 2.45) is 5.41 Å². The molecule has 0 aliphatic carbocycles. The highest BCUT2D eigenvalue weighted by Gasteiger charge is 2.38. The van der Waals surface area contributed by atoms with E-state index in [0.717, 1.165) is 52.0 Å². The second-order valence-electron chi connectivity index (χ2n) is 7.68. The fourth-order valence-corrected chi connectivity index (χ4v) is 4.20. The third kappa shape index (κ3) is 4.82. The van der Waals surface area contributed by atoms with Crippen LogP contribution in [-0.2, 0) is 0 Å². The first-order valence-electron chi connectivity index (χ1n) is 9.98. The van der Waals surface area contributed by atoms with Crippen molar-refractivity contribution in [3.05, 3.63) is 35.4 Å². The summed E-state index contributed by atoms with van der Waals surface area (Å²) in [5.74, 6) is 0.132. The maximum atomic E-state index is 12.8. The molecule has 2 fully saturated rings. The second kappa shape index (κ2) is 9.56. The van der Waals surface area contributed by atoms with Gasteiger partial charge in [-0.05, 0) is 68.8 Å². The van der Waals surface area contributed by atoms with Crippen molar-refractivity contribution in [2.45, 2.75) is 39.5 Å². The molecule has 6 heteroatoms. The van der Waals surface area contributed by atoms with Gasteiger partial charge in [-0.2, -0.15) is 0 Å². The normalized spacial score (nSPS) is 18.2. The van der Waals surface area contributed by atoms with Crippen molar-refractivity contribution in [3.8, 4) is 0 Å². The Labute approximate surface area is 168 Å². The average Bonchev–Trinajstić information content (AvgIpc) is 3.14. The summed E-state index contributed by atoms with van der Waals surface area (Å²) in [5, 5.41) is 3.46. The van der Waals surface area contributed by atoms with Gasteiger partial charge in [-0.1, -0.05) is 6.92 Å². The Hall–Kier alpha value is -1.59. The van der Waals surface area contributed by atoms with Gasteiger partial charge in [0, 0.05) is 43.9 Å². The summed E-state index contributed by atoms with van der Waals surface area (Å²) < 4.78 is 0. The van der Waals surface area contributed by atoms with Crippen LogP contribution in [0.25, 0.3) is 0 Å². The topological polar surface area (TPSA) is 52.7 Å².